The molecule has 1 atom stereocenters. The van der Waals surface area contributed by atoms with E-state index in [0.29, 0.717) is 18.2 Å². The number of fused-ring (bicyclic) bond motifs is 1. The van der Waals surface area contributed by atoms with Gasteiger partial charge >= 0.3 is 0 Å². The van der Waals surface area contributed by atoms with Gasteiger partial charge in [0.1, 0.15) is 0 Å². The van der Waals surface area contributed by atoms with E-state index in [9.17, 15) is 4.79 Å². The van der Waals surface area contributed by atoms with Crippen LogP contribution in [0.1, 0.15) is 31.2 Å². The van der Waals surface area contributed by atoms with Crippen LogP contribution in [0.15, 0.2) is 12.1 Å². The van der Waals surface area contributed by atoms with E-state index in [0.717, 1.165) is 42.9 Å². The van der Waals surface area contributed by atoms with Gasteiger partial charge in [0.15, 0.2) is 0 Å². The Kier molecular flexibility index (Phi) is 3.78. The van der Waals surface area contributed by atoms with Gasteiger partial charge in [-0.15, -0.1) is 0 Å². The zero-order valence-corrected chi connectivity index (χ0v) is 11.6. The van der Waals surface area contributed by atoms with Crippen molar-refractivity contribution in [2.24, 2.45) is 0 Å². The monoisotopic (exact) mass is 275 g/mol. The molecule has 0 spiro atoms. The molecule has 1 amide bonds. The van der Waals surface area contributed by atoms with E-state index in [1.54, 1.807) is 0 Å². The normalized spacial score (nSPS) is 21.4. The fourth-order valence-corrected chi connectivity index (χ4v) is 2.85. The van der Waals surface area contributed by atoms with Gasteiger partial charge in [0, 0.05) is 18.8 Å². The number of nitrogen functional groups attached to an aromatic ring is 1. The van der Waals surface area contributed by atoms with E-state index in [-0.39, 0.29) is 5.91 Å². The molecule has 5 heteroatoms. The van der Waals surface area contributed by atoms with Crippen LogP contribution in [0.5, 0.6) is 0 Å². The van der Waals surface area contributed by atoms with Crippen molar-refractivity contribution in [3.05, 3.63) is 17.7 Å². The first-order valence-electron chi connectivity index (χ1n) is 7.30. The maximum absolute atomic E-state index is 11.4. The molecular weight excluding hydrogens is 254 g/mol. The van der Waals surface area contributed by atoms with E-state index in [4.69, 9.17) is 10.5 Å². The number of hydrogen-bond donors (Lipinski definition) is 3. The lowest BCUT2D eigenvalue weighted by atomic mass is 10.1. The predicted molar refractivity (Wildman–Crippen MR) is 79.9 cm³/mol. The number of amides is 1. The van der Waals surface area contributed by atoms with Crippen molar-refractivity contribution < 1.29 is 9.53 Å². The summed E-state index contributed by atoms with van der Waals surface area (Å²) in [4.78, 5) is 11.4. The second kappa shape index (κ2) is 5.71. The largest absolute Gasteiger partial charge is 0.397 e. The average Bonchev–Trinajstić information content (AvgIpc) is 2.79. The van der Waals surface area contributed by atoms with Crippen LogP contribution in [0.2, 0.25) is 0 Å². The summed E-state index contributed by atoms with van der Waals surface area (Å²) >= 11 is 0. The van der Waals surface area contributed by atoms with Crippen molar-refractivity contribution >= 4 is 23.0 Å². The fraction of sp³-hybridized carbons (Fsp3) is 0.533. The van der Waals surface area contributed by atoms with E-state index in [2.05, 4.69) is 10.6 Å². The Morgan fingerprint density at radius 3 is 3.10 bits per heavy atom. The van der Waals surface area contributed by atoms with Gasteiger partial charge in [0.2, 0.25) is 5.91 Å². The molecule has 4 N–H and O–H groups in total. The second-order valence-electron chi connectivity index (χ2n) is 5.53. The third-order valence-electron chi connectivity index (χ3n) is 3.96. The molecule has 1 unspecified atom stereocenters. The number of nitrogens with one attached hydrogen (secondary N) is 2. The Labute approximate surface area is 118 Å². The molecule has 2 aliphatic rings. The SMILES string of the molecule is Nc1cc2c(cc1NCCC1CCCCO1)NC(=O)C2. The highest BCUT2D eigenvalue weighted by Gasteiger charge is 2.19. The van der Waals surface area contributed by atoms with Crippen LogP contribution >= 0.6 is 0 Å². The average molecular weight is 275 g/mol. The third-order valence-corrected chi connectivity index (χ3v) is 3.96. The minimum Gasteiger partial charge on any atom is -0.397 e. The number of carbonyl (C=O) groups excluding carboxylic acids is 1. The molecule has 0 aliphatic carbocycles. The zero-order chi connectivity index (χ0) is 13.9. The summed E-state index contributed by atoms with van der Waals surface area (Å²) in [6, 6.07) is 3.81. The summed E-state index contributed by atoms with van der Waals surface area (Å²) in [5, 5.41) is 6.19. The van der Waals surface area contributed by atoms with E-state index >= 15 is 0 Å². The maximum atomic E-state index is 11.4. The molecule has 1 saturated heterocycles. The molecule has 3 rings (SSSR count). The highest BCUT2D eigenvalue weighted by Crippen LogP contribution is 2.31. The molecule has 2 aliphatic heterocycles. The summed E-state index contributed by atoms with van der Waals surface area (Å²) in [6.07, 6.45) is 5.38. The Morgan fingerprint density at radius 1 is 1.40 bits per heavy atom. The third kappa shape index (κ3) is 2.88. The van der Waals surface area contributed by atoms with Crippen LogP contribution in [0.25, 0.3) is 0 Å². The van der Waals surface area contributed by atoms with E-state index in [1.807, 2.05) is 12.1 Å². The van der Waals surface area contributed by atoms with Crippen molar-refractivity contribution in [2.75, 3.05) is 29.5 Å². The summed E-state index contributed by atoms with van der Waals surface area (Å²) in [5.74, 6) is 0.0344. The van der Waals surface area contributed by atoms with Crippen LogP contribution in [0.3, 0.4) is 0 Å². The van der Waals surface area contributed by atoms with Crippen molar-refractivity contribution in [3.63, 3.8) is 0 Å². The highest BCUT2D eigenvalue weighted by atomic mass is 16.5. The minimum absolute atomic E-state index is 0.0344. The number of hydrogen-bond acceptors (Lipinski definition) is 4. The zero-order valence-electron chi connectivity index (χ0n) is 11.6. The highest BCUT2D eigenvalue weighted by molar-refractivity contribution is 6.00. The first kappa shape index (κ1) is 13.2. The molecule has 5 nitrogen and oxygen atoms in total. The maximum Gasteiger partial charge on any atom is 0.228 e. The van der Waals surface area contributed by atoms with Crippen molar-refractivity contribution in [2.45, 2.75) is 38.2 Å². The van der Waals surface area contributed by atoms with Crippen LogP contribution < -0.4 is 16.4 Å². The van der Waals surface area contributed by atoms with Gasteiger partial charge in [0.25, 0.3) is 0 Å². The van der Waals surface area contributed by atoms with Gasteiger partial charge in [-0.05, 0) is 43.4 Å². The Morgan fingerprint density at radius 2 is 2.30 bits per heavy atom. The van der Waals surface area contributed by atoms with Gasteiger partial charge in [-0.2, -0.15) is 0 Å². The first-order valence-corrected chi connectivity index (χ1v) is 7.30. The molecule has 108 valence electrons. The number of carbonyl (C=O) groups is 1. The van der Waals surface area contributed by atoms with E-state index < -0.39 is 0 Å². The van der Waals surface area contributed by atoms with Crippen LogP contribution in [0, 0.1) is 0 Å². The quantitative estimate of drug-likeness (QED) is 0.736. The smallest absolute Gasteiger partial charge is 0.228 e. The van der Waals surface area contributed by atoms with Crippen LogP contribution in [-0.4, -0.2) is 25.2 Å². The lowest BCUT2D eigenvalue weighted by molar-refractivity contribution is -0.115. The molecule has 20 heavy (non-hydrogen) atoms. The Hall–Kier alpha value is -1.75. The first-order chi connectivity index (χ1) is 9.72. The standard InChI is InChI=1S/C15H21N3O2/c16-12-7-10-8-15(19)18-13(10)9-14(12)17-5-4-11-3-1-2-6-20-11/h7,9,11,17H,1-6,8,16H2,(H,18,19). The summed E-state index contributed by atoms with van der Waals surface area (Å²) in [7, 11) is 0. The fourth-order valence-electron chi connectivity index (χ4n) is 2.85. The van der Waals surface area contributed by atoms with Crippen LogP contribution in [0.4, 0.5) is 17.1 Å². The Bertz CT molecular complexity index is 510. The van der Waals surface area contributed by atoms with Gasteiger partial charge in [-0.1, -0.05) is 0 Å². The molecule has 0 radical (unpaired) electrons. The van der Waals surface area contributed by atoms with Crippen molar-refractivity contribution in [3.8, 4) is 0 Å². The topological polar surface area (TPSA) is 76.4 Å². The summed E-state index contributed by atoms with van der Waals surface area (Å²) in [6.45, 7) is 1.72. The van der Waals surface area contributed by atoms with E-state index in [1.165, 1.54) is 12.8 Å². The minimum atomic E-state index is 0.0344. The number of nitrogens with two attached hydrogens (primary N) is 1. The number of rotatable bonds is 4. The molecule has 0 bridgehead atoms. The molecule has 0 aromatic heterocycles. The number of ether oxygens (including phenoxy) is 1. The van der Waals surface area contributed by atoms with Gasteiger partial charge < -0.3 is 21.1 Å². The van der Waals surface area contributed by atoms with Crippen LogP contribution in [-0.2, 0) is 16.0 Å². The Balaban J connectivity index is 1.57. The molecule has 2 heterocycles. The van der Waals surface area contributed by atoms with Crippen molar-refractivity contribution in [1.82, 2.24) is 0 Å². The summed E-state index contributed by atoms with van der Waals surface area (Å²) < 4.78 is 5.71. The molecule has 0 saturated carbocycles. The number of benzene rings is 1. The van der Waals surface area contributed by atoms with Gasteiger partial charge in [-0.25, -0.2) is 0 Å². The lowest BCUT2D eigenvalue weighted by Gasteiger charge is -2.23. The second-order valence-corrected chi connectivity index (χ2v) is 5.53. The predicted octanol–water partition coefficient (Wildman–Crippen LogP) is 2.13. The van der Waals surface area contributed by atoms with Gasteiger partial charge in [-0.3, -0.25) is 4.79 Å². The molecule has 1 fully saturated rings. The lowest BCUT2D eigenvalue weighted by Crippen LogP contribution is -2.22. The molecular formula is C15H21N3O2. The van der Waals surface area contributed by atoms with Crippen molar-refractivity contribution in [1.29, 1.82) is 0 Å². The van der Waals surface area contributed by atoms with Gasteiger partial charge in [0.05, 0.1) is 23.9 Å². The molecule has 1 aromatic carbocycles. The summed E-state index contributed by atoms with van der Waals surface area (Å²) in [5.41, 5.74) is 9.47. The number of anilines is 3. The molecule has 1 aromatic rings.